The molecule has 1 heterocycles. The van der Waals surface area contributed by atoms with Crippen LogP contribution in [0, 0.1) is 0 Å². The lowest BCUT2D eigenvalue weighted by Gasteiger charge is -2.08. The van der Waals surface area contributed by atoms with Crippen molar-refractivity contribution in [2.75, 3.05) is 0 Å². The Morgan fingerprint density at radius 3 is 2.64 bits per heavy atom. The van der Waals surface area contributed by atoms with Gasteiger partial charge in [0.05, 0.1) is 6.20 Å². The molecule has 1 aromatic heterocycles. The Balaban J connectivity index is 2.94. The van der Waals surface area contributed by atoms with Crippen LogP contribution in [0.1, 0.15) is 38.3 Å². The Morgan fingerprint density at radius 2 is 2.29 bits per heavy atom. The molecule has 0 saturated heterocycles. The zero-order valence-electron chi connectivity index (χ0n) is 8.24. The number of oxazole rings is 1. The molecule has 0 radical (unpaired) electrons. The summed E-state index contributed by atoms with van der Waals surface area (Å²) in [7, 11) is 0. The summed E-state index contributed by atoms with van der Waals surface area (Å²) in [6.07, 6.45) is 1.22. The van der Waals surface area contributed by atoms with E-state index in [0.29, 0.717) is 0 Å². The van der Waals surface area contributed by atoms with E-state index in [9.17, 15) is 9.18 Å². The third kappa shape index (κ3) is 2.10. The minimum atomic E-state index is -1.64. The zero-order valence-corrected chi connectivity index (χ0v) is 8.24. The van der Waals surface area contributed by atoms with Crippen LogP contribution in [0.2, 0.25) is 0 Å². The fraction of sp³-hybridized carbons (Fsp3) is 0.556. The number of carbonyl (C=O) groups is 1. The van der Waals surface area contributed by atoms with Gasteiger partial charge < -0.3 is 9.52 Å². The summed E-state index contributed by atoms with van der Waals surface area (Å²) in [5.41, 5.74) is -1.64. The minimum absolute atomic E-state index is 0.0261. The van der Waals surface area contributed by atoms with E-state index in [-0.39, 0.29) is 11.7 Å². The number of alkyl halides is 1. The molecule has 4 nitrogen and oxygen atoms in total. The SMILES string of the molecule is CC(C(=O)O)c1ncc(C(C)(C)F)o1. The van der Waals surface area contributed by atoms with Gasteiger partial charge in [0.15, 0.2) is 11.4 Å². The Bertz CT molecular complexity index is 340. The van der Waals surface area contributed by atoms with Crippen LogP contribution in [-0.2, 0) is 10.5 Å². The summed E-state index contributed by atoms with van der Waals surface area (Å²) in [6, 6.07) is 0. The van der Waals surface area contributed by atoms with Gasteiger partial charge >= 0.3 is 5.97 Å². The Labute approximate surface area is 80.8 Å². The van der Waals surface area contributed by atoms with Gasteiger partial charge in [0.2, 0.25) is 5.89 Å². The molecule has 0 aromatic carbocycles. The monoisotopic (exact) mass is 201 g/mol. The van der Waals surface area contributed by atoms with Crippen molar-refractivity contribution < 1.29 is 18.7 Å². The Hall–Kier alpha value is -1.39. The van der Waals surface area contributed by atoms with Gasteiger partial charge in [-0.05, 0) is 20.8 Å². The molecule has 0 aliphatic carbocycles. The molecule has 1 N–H and O–H groups in total. The quantitative estimate of drug-likeness (QED) is 0.813. The molecule has 0 amide bonds. The Kier molecular flexibility index (Phi) is 2.59. The van der Waals surface area contributed by atoms with Crippen molar-refractivity contribution in [2.24, 2.45) is 0 Å². The molecular formula is C9H12FNO3. The highest BCUT2D eigenvalue weighted by molar-refractivity contribution is 5.73. The van der Waals surface area contributed by atoms with Crippen molar-refractivity contribution in [1.82, 2.24) is 4.98 Å². The van der Waals surface area contributed by atoms with Gasteiger partial charge in [-0.3, -0.25) is 4.79 Å². The van der Waals surface area contributed by atoms with Gasteiger partial charge in [0, 0.05) is 0 Å². The number of aliphatic carboxylic acids is 1. The molecule has 5 heteroatoms. The summed E-state index contributed by atoms with van der Waals surface area (Å²) < 4.78 is 18.3. The highest BCUT2D eigenvalue weighted by atomic mass is 19.1. The van der Waals surface area contributed by atoms with E-state index in [2.05, 4.69) is 4.98 Å². The normalized spacial score (nSPS) is 14.0. The van der Waals surface area contributed by atoms with E-state index in [1.807, 2.05) is 0 Å². The molecule has 0 spiro atoms. The number of carboxylic acids is 1. The number of rotatable bonds is 3. The fourth-order valence-corrected chi connectivity index (χ4v) is 0.868. The first-order valence-corrected chi connectivity index (χ1v) is 4.20. The molecule has 0 aliphatic rings. The largest absolute Gasteiger partial charge is 0.481 e. The molecule has 0 aliphatic heterocycles. The first-order valence-electron chi connectivity index (χ1n) is 4.20. The lowest BCUT2D eigenvalue weighted by molar-refractivity contribution is -0.138. The van der Waals surface area contributed by atoms with Crippen LogP contribution in [0.5, 0.6) is 0 Å². The molecule has 0 bridgehead atoms. The molecule has 0 fully saturated rings. The van der Waals surface area contributed by atoms with Crippen LogP contribution < -0.4 is 0 Å². The van der Waals surface area contributed by atoms with Gasteiger partial charge in [-0.1, -0.05) is 0 Å². The van der Waals surface area contributed by atoms with Gasteiger partial charge in [0.1, 0.15) is 5.92 Å². The predicted molar refractivity (Wildman–Crippen MR) is 46.7 cm³/mol. The van der Waals surface area contributed by atoms with E-state index in [4.69, 9.17) is 9.52 Å². The lowest BCUT2D eigenvalue weighted by atomic mass is 10.1. The van der Waals surface area contributed by atoms with E-state index < -0.39 is 17.6 Å². The van der Waals surface area contributed by atoms with Crippen LogP contribution in [0.15, 0.2) is 10.6 Å². The fourth-order valence-electron chi connectivity index (χ4n) is 0.868. The van der Waals surface area contributed by atoms with E-state index in [1.165, 1.54) is 27.0 Å². The first-order chi connectivity index (χ1) is 6.32. The first kappa shape index (κ1) is 10.7. The number of aromatic nitrogens is 1. The minimum Gasteiger partial charge on any atom is -0.481 e. The topological polar surface area (TPSA) is 63.3 Å². The number of nitrogens with zero attached hydrogens (tertiary/aromatic N) is 1. The zero-order chi connectivity index (χ0) is 10.9. The molecular weight excluding hydrogens is 189 g/mol. The van der Waals surface area contributed by atoms with Gasteiger partial charge in [-0.2, -0.15) is 0 Å². The van der Waals surface area contributed by atoms with Crippen LogP contribution >= 0.6 is 0 Å². The van der Waals surface area contributed by atoms with Crippen LogP contribution in [0.25, 0.3) is 0 Å². The van der Waals surface area contributed by atoms with Gasteiger partial charge in [0.25, 0.3) is 0 Å². The number of hydrogen-bond acceptors (Lipinski definition) is 3. The maximum absolute atomic E-state index is 13.3. The van der Waals surface area contributed by atoms with Crippen LogP contribution in [-0.4, -0.2) is 16.1 Å². The molecule has 0 saturated carbocycles. The van der Waals surface area contributed by atoms with Crippen molar-refractivity contribution in [1.29, 1.82) is 0 Å². The molecule has 1 atom stereocenters. The number of carboxylic acid groups (broad SMARTS) is 1. The van der Waals surface area contributed by atoms with Crippen molar-refractivity contribution in [3.8, 4) is 0 Å². The summed E-state index contributed by atoms with van der Waals surface area (Å²) in [4.78, 5) is 14.3. The van der Waals surface area contributed by atoms with Crippen molar-refractivity contribution >= 4 is 5.97 Å². The maximum Gasteiger partial charge on any atom is 0.315 e. The third-order valence-electron chi connectivity index (χ3n) is 1.85. The summed E-state index contributed by atoms with van der Waals surface area (Å²) in [5, 5.41) is 8.65. The van der Waals surface area contributed by atoms with Crippen molar-refractivity contribution in [3.05, 3.63) is 17.8 Å². The predicted octanol–water partition coefficient (Wildman–Crippen LogP) is 2.07. The second kappa shape index (κ2) is 3.40. The van der Waals surface area contributed by atoms with Crippen molar-refractivity contribution in [3.63, 3.8) is 0 Å². The van der Waals surface area contributed by atoms with E-state index in [0.717, 1.165) is 0 Å². The van der Waals surface area contributed by atoms with E-state index >= 15 is 0 Å². The molecule has 1 unspecified atom stereocenters. The molecule has 1 aromatic rings. The highest BCUT2D eigenvalue weighted by Crippen LogP contribution is 2.27. The smallest absolute Gasteiger partial charge is 0.315 e. The number of hydrogen-bond donors (Lipinski definition) is 1. The summed E-state index contributed by atoms with van der Waals surface area (Å²) >= 11 is 0. The van der Waals surface area contributed by atoms with Gasteiger partial charge in [-0.15, -0.1) is 0 Å². The third-order valence-corrected chi connectivity index (χ3v) is 1.85. The molecule has 78 valence electrons. The Morgan fingerprint density at radius 1 is 1.71 bits per heavy atom. The van der Waals surface area contributed by atoms with Crippen LogP contribution in [0.4, 0.5) is 4.39 Å². The average Bonchev–Trinajstić information content (AvgIpc) is 2.49. The average molecular weight is 201 g/mol. The van der Waals surface area contributed by atoms with E-state index in [1.54, 1.807) is 0 Å². The number of halogens is 1. The molecule has 1 rings (SSSR count). The second-order valence-corrected chi connectivity index (χ2v) is 3.60. The van der Waals surface area contributed by atoms with Crippen molar-refractivity contribution in [2.45, 2.75) is 32.4 Å². The van der Waals surface area contributed by atoms with Gasteiger partial charge in [-0.25, -0.2) is 9.37 Å². The summed E-state index contributed by atoms with van der Waals surface area (Å²) in [5.74, 6) is -1.83. The summed E-state index contributed by atoms with van der Waals surface area (Å²) in [6.45, 7) is 4.08. The maximum atomic E-state index is 13.3. The standard InChI is InChI=1S/C9H12FNO3/c1-5(8(12)13)7-11-4-6(14-7)9(2,3)10/h4-5H,1-3H3,(H,12,13). The van der Waals surface area contributed by atoms with Crippen LogP contribution in [0.3, 0.4) is 0 Å². The highest BCUT2D eigenvalue weighted by Gasteiger charge is 2.27. The second-order valence-electron chi connectivity index (χ2n) is 3.60. The lowest BCUT2D eigenvalue weighted by Crippen LogP contribution is -2.09. The molecule has 14 heavy (non-hydrogen) atoms.